The molecular weight excluding hydrogens is 441 g/mol. The van der Waals surface area contributed by atoms with E-state index in [1.54, 1.807) is 6.07 Å². The van der Waals surface area contributed by atoms with Crippen LogP contribution in [-0.2, 0) is 4.74 Å². The first-order valence-corrected chi connectivity index (χ1v) is 9.71. The lowest BCUT2D eigenvalue weighted by Crippen LogP contribution is -2.30. The third-order valence-electron chi connectivity index (χ3n) is 3.71. The van der Waals surface area contributed by atoms with Crippen LogP contribution in [0, 0.1) is 11.6 Å². The third-order valence-corrected chi connectivity index (χ3v) is 5.96. The van der Waals surface area contributed by atoms with Gasteiger partial charge in [-0.25, -0.2) is 13.1 Å². The SMILES string of the molecule is O=C(Nc1cc(F)c(Cl)c(F)c1)c1cc(SN2CCOCC2)c(Cl)cc1Cl. The Morgan fingerprint density at radius 1 is 1.04 bits per heavy atom. The average Bonchev–Trinajstić information content (AvgIpc) is 2.62. The summed E-state index contributed by atoms with van der Waals surface area (Å²) < 4.78 is 34.5. The summed E-state index contributed by atoms with van der Waals surface area (Å²) in [7, 11) is 0. The molecule has 1 N–H and O–H groups in total. The molecule has 0 aromatic heterocycles. The monoisotopic (exact) mass is 452 g/mol. The average molecular weight is 454 g/mol. The molecular formula is C17H13Cl3F2N2O2S. The van der Waals surface area contributed by atoms with Crippen LogP contribution in [-0.4, -0.2) is 36.5 Å². The molecule has 144 valence electrons. The van der Waals surface area contributed by atoms with Crippen LogP contribution in [0.3, 0.4) is 0 Å². The quantitative estimate of drug-likeness (QED) is 0.489. The number of rotatable bonds is 4. The van der Waals surface area contributed by atoms with Crippen LogP contribution in [0.1, 0.15) is 10.4 Å². The predicted octanol–water partition coefficient (Wildman–Crippen LogP) is 5.52. The zero-order valence-corrected chi connectivity index (χ0v) is 16.8. The van der Waals surface area contributed by atoms with E-state index >= 15 is 0 Å². The van der Waals surface area contributed by atoms with Gasteiger partial charge >= 0.3 is 0 Å². The highest BCUT2D eigenvalue weighted by atomic mass is 35.5. The second-order valence-electron chi connectivity index (χ2n) is 5.60. The van der Waals surface area contributed by atoms with Gasteiger partial charge in [0.25, 0.3) is 5.91 Å². The van der Waals surface area contributed by atoms with Gasteiger partial charge in [0.1, 0.15) is 16.7 Å². The Hall–Kier alpha value is -1.09. The summed E-state index contributed by atoms with van der Waals surface area (Å²) in [6, 6.07) is 4.86. The first-order valence-electron chi connectivity index (χ1n) is 7.80. The van der Waals surface area contributed by atoms with Crippen molar-refractivity contribution in [2.24, 2.45) is 0 Å². The van der Waals surface area contributed by atoms with Gasteiger partial charge in [0, 0.05) is 23.7 Å². The number of nitrogens with zero attached hydrogens (tertiary/aromatic N) is 1. The number of carbonyl (C=O) groups is 1. The van der Waals surface area contributed by atoms with Gasteiger partial charge in [-0.05, 0) is 36.2 Å². The molecule has 0 radical (unpaired) electrons. The van der Waals surface area contributed by atoms with E-state index in [1.807, 2.05) is 0 Å². The van der Waals surface area contributed by atoms with Crippen molar-refractivity contribution in [2.45, 2.75) is 4.90 Å². The fraction of sp³-hybridized carbons (Fsp3) is 0.235. The number of ether oxygens (including phenoxy) is 1. The zero-order chi connectivity index (χ0) is 19.6. The number of nitrogens with one attached hydrogen (secondary N) is 1. The van der Waals surface area contributed by atoms with Crippen LogP contribution in [0.4, 0.5) is 14.5 Å². The molecule has 0 bridgehead atoms. The van der Waals surface area contributed by atoms with Gasteiger partial charge in [0.2, 0.25) is 0 Å². The Labute approximate surface area is 173 Å². The molecule has 1 heterocycles. The van der Waals surface area contributed by atoms with Gasteiger partial charge in [0.05, 0.1) is 28.8 Å². The van der Waals surface area contributed by atoms with E-state index in [2.05, 4.69) is 9.62 Å². The first kappa shape index (κ1) is 20.6. The molecule has 0 atom stereocenters. The molecule has 3 rings (SSSR count). The summed E-state index contributed by atoms with van der Waals surface area (Å²) >= 11 is 19.2. The standard InChI is InChI=1S/C17H13Cl3F2N2O2S/c18-11-8-12(19)15(27-24-1-3-26-4-2-24)7-10(11)17(25)23-9-5-13(21)16(20)14(22)6-9/h5-8H,1-4H2,(H,23,25). The molecule has 1 saturated heterocycles. The number of halogens is 5. The van der Waals surface area contributed by atoms with Crippen LogP contribution in [0.2, 0.25) is 15.1 Å². The lowest BCUT2D eigenvalue weighted by molar-refractivity contribution is 0.0773. The fourth-order valence-corrected chi connectivity index (χ4v) is 3.98. The molecule has 10 heteroatoms. The Kier molecular flexibility index (Phi) is 6.83. The van der Waals surface area contributed by atoms with Crippen molar-refractivity contribution in [2.75, 3.05) is 31.6 Å². The number of anilines is 1. The minimum absolute atomic E-state index is 0.0761. The molecule has 0 spiro atoms. The Balaban J connectivity index is 1.82. The molecule has 1 aliphatic heterocycles. The molecule has 1 amide bonds. The van der Waals surface area contributed by atoms with Crippen molar-refractivity contribution >= 4 is 58.3 Å². The minimum Gasteiger partial charge on any atom is -0.379 e. The summed E-state index contributed by atoms with van der Waals surface area (Å²) in [6.07, 6.45) is 0. The maximum atomic E-state index is 13.6. The summed E-state index contributed by atoms with van der Waals surface area (Å²) in [5.74, 6) is -2.57. The number of benzene rings is 2. The minimum atomic E-state index is -0.974. The number of hydrogen-bond donors (Lipinski definition) is 1. The highest BCUT2D eigenvalue weighted by molar-refractivity contribution is 7.97. The van der Waals surface area contributed by atoms with Gasteiger partial charge in [-0.1, -0.05) is 34.8 Å². The highest BCUT2D eigenvalue weighted by Crippen LogP contribution is 2.35. The van der Waals surface area contributed by atoms with Crippen LogP contribution in [0.5, 0.6) is 0 Å². The number of hydrogen-bond acceptors (Lipinski definition) is 4. The van der Waals surface area contributed by atoms with Crippen LogP contribution < -0.4 is 5.32 Å². The second kappa shape index (κ2) is 8.94. The number of carbonyl (C=O) groups excluding carboxylic acids is 1. The highest BCUT2D eigenvalue weighted by Gasteiger charge is 2.19. The molecule has 1 fully saturated rings. The van der Waals surface area contributed by atoms with Gasteiger partial charge in [-0.15, -0.1) is 0 Å². The molecule has 1 aliphatic rings. The lowest BCUT2D eigenvalue weighted by Gasteiger charge is -2.25. The largest absolute Gasteiger partial charge is 0.379 e. The van der Waals surface area contributed by atoms with Crippen LogP contribution >= 0.6 is 46.8 Å². The van der Waals surface area contributed by atoms with Crippen molar-refractivity contribution in [3.8, 4) is 0 Å². The molecule has 0 aliphatic carbocycles. The van der Waals surface area contributed by atoms with E-state index < -0.39 is 22.6 Å². The van der Waals surface area contributed by atoms with E-state index in [4.69, 9.17) is 39.5 Å². The van der Waals surface area contributed by atoms with Crippen molar-refractivity contribution in [1.82, 2.24) is 4.31 Å². The summed E-state index contributed by atoms with van der Waals surface area (Å²) in [4.78, 5) is 13.2. The molecule has 0 unspecified atom stereocenters. The molecule has 27 heavy (non-hydrogen) atoms. The summed E-state index contributed by atoms with van der Waals surface area (Å²) in [5, 5.41) is 2.30. The lowest BCUT2D eigenvalue weighted by atomic mass is 10.2. The maximum absolute atomic E-state index is 13.6. The van der Waals surface area contributed by atoms with E-state index in [0.29, 0.717) is 36.2 Å². The second-order valence-corrected chi connectivity index (χ2v) is 7.93. The van der Waals surface area contributed by atoms with E-state index in [-0.39, 0.29) is 16.3 Å². The molecule has 2 aromatic rings. The Morgan fingerprint density at radius 3 is 2.30 bits per heavy atom. The first-order chi connectivity index (χ1) is 12.8. The Bertz CT molecular complexity index is 856. The van der Waals surface area contributed by atoms with Crippen molar-refractivity contribution in [3.05, 3.63) is 56.5 Å². The predicted molar refractivity (Wildman–Crippen MR) is 104 cm³/mol. The van der Waals surface area contributed by atoms with E-state index in [9.17, 15) is 13.6 Å². The number of amides is 1. The fourth-order valence-electron chi connectivity index (χ4n) is 2.38. The summed E-state index contributed by atoms with van der Waals surface area (Å²) in [6.45, 7) is 2.65. The van der Waals surface area contributed by atoms with Gasteiger partial charge in [-0.2, -0.15) is 0 Å². The van der Waals surface area contributed by atoms with Crippen molar-refractivity contribution in [1.29, 1.82) is 0 Å². The van der Waals surface area contributed by atoms with Gasteiger partial charge in [-0.3, -0.25) is 4.79 Å². The maximum Gasteiger partial charge on any atom is 0.257 e. The van der Waals surface area contributed by atoms with Crippen molar-refractivity contribution < 1.29 is 18.3 Å². The molecule has 4 nitrogen and oxygen atoms in total. The Morgan fingerprint density at radius 2 is 1.67 bits per heavy atom. The van der Waals surface area contributed by atoms with Crippen molar-refractivity contribution in [3.63, 3.8) is 0 Å². The smallest absolute Gasteiger partial charge is 0.257 e. The van der Waals surface area contributed by atoms with E-state index in [1.165, 1.54) is 18.0 Å². The van der Waals surface area contributed by atoms with E-state index in [0.717, 1.165) is 12.1 Å². The van der Waals surface area contributed by atoms with Crippen LogP contribution in [0.15, 0.2) is 29.2 Å². The van der Waals surface area contributed by atoms with Crippen LogP contribution in [0.25, 0.3) is 0 Å². The number of morpholine rings is 1. The normalized spacial score (nSPS) is 15.0. The zero-order valence-electron chi connectivity index (χ0n) is 13.7. The van der Waals surface area contributed by atoms with Gasteiger partial charge < -0.3 is 10.1 Å². The summed E-state index contributed by atoms with van der Waals surface area (Å²) in [5.41, 5.74) is 0.0559. The topological polar surface area (TPSA) is 41.6 Å². The third kappa shape index (κ3) is 5.04. The van der Waals surface area contributed by atoms with Gasteiger partial charge in [0.15, 0.2) is 0 Å². The molecule has 0 saturated carbocycles. The molecule has 2 aromatic carbocycles.